The third-order valence-electron chi connectivity index (χ3n) is 3.31. The monoisotopic (exact) mass is 330 g/mol. The van der Waals surface area contributed by atoms with E-state index in [1.54, 1.807) is 12.1 Å². The lowest BCUT2D eigenvalue weighted by Gasteiger charge is -2.11. The molecule has 0 N–H and O–H groups in total. The average Bonchev–Trinajstić information content (AvgIpc) is 2.60. The van der Waals surface area contributed by atoms with E-state index in [0.717, 1.165) is 12.1 Å². The first kappa shape index (κ1) is 17.0. The van der Waals surface area contributed by atoms with Crippen LogP contribution in [0.15, 0.2) is 18.2 Å². The molecule has 0 unspecified atom stereocenters. The first-order valence-corrected chi connectivity index (χ1v) is 6.57. The number of rotatable bonds is 2. The van der Waals surface area contributed by atoms with E-state index in [-0.39, 0.29) is 16.7 Å². The fourth-order valence-corrected chi connectivity index (χ4v) is 2.15. The van der Waals surface area contributed by atoms with E-state index < -0.39 is 40.8 Å². The van der Waals surface area contributed by atoms with Crippen LogP contribution in [0.5, 0.6) is 0 Å². The molecule has 0 saturated heterocycles. The van der Waals surface area contributed by atoms with Crippen LogP contribution in [0.25, 0.3) is 16.0 Å². The summed E-state index contributed by atoms with van der Waals surface area (Å²) in [5.74, 6) is -6.40. The lowest BCUT2D eigenvalue weighted by atomic mass is 9.95. The molecule has 2 aromatic rings. The Morgan fingerprint density at radius 2 is 1.58 bits per heavy atom. The summed E-state index contributed by atoms with van der Waals surface area (Å²) in [6.45, 7) is 0. The molecule has 24 heavy (non-hydrogen) atoms. The van der Waals surface area contributed by atoms with Crippen LogP contribution in [-0.2, 0) is 6.42 Å². The van der Waals surface area contributed by atoms with E-state index in [2.05, 4.69) is 10.9 Å². The number of nitriles is 2. The average molecular weight is 330 g/mol. The van der Waals surface area contributed by atoms with Gasteiger partial charge in [0, 0.05) is 11.1 Å². The molecule has 0 bridgehead atoms. The predicted octanol–water partition coefficient (Wildman–Crippen LogP) is 4.16. The van der Waals surface area contributed by atoms with E-state index in [9.17, 15) is 17.6 Å². The second-order valence-corrected chi connectivity index (χ2v) is 4.65. The van der Waals surface area contributed by atoms with Gasteiger partial charge in [-0.3, -0.25) is 0 Å². The quantitative estimate of drug-likeness (QED) is 0.613. The van der Waals surface area contributed by atoms with Crippen molar-refractivity contribution in [2.45, 2.75) is 6.42 Å². The Labute approximate surface area is 134 Å². The molecule has 3 nitrogen and oxygen atoms in total. The molecular formula is C17H8F4N3+. The Hall–Kier alpha value is -3.37. The highest BCUT2D eigenvalue weighted by molar-refractivity contribution is 5.73. The largest absolute Gasteiger partial charge is 0.277 e. The van der Waals surface area contributed by atoms with Crippen LogP contribution in [0, 0.1) is 52.0 Å². The van der Waals surface area contributed by atoms with Gasteiger partial charge in [-0.25, -0.2) is 17.6 Å². The summed E-state index contributed by atoms with van der Waals surface area (Å²) in [7, 11) is 1.30. The molecule has 0 aliphatic heterocycles. The summed E-state index contributed by atoms with van der Waals surface area (Å²) in [6, 6.07) is 8.97. The summed E-state index contributed by atoms with van der Waals surface area (Å²) in [5, 5.41) is 17.9. The minimum absolute atomic E-state index is 0.0717. The molecule has 0 saturated carbocycles. The molecule has 0 atom stereocenters. The van der Waals surface area contributed by atoms with Crippen LogP contribution in [0.2, 0.25) is 0 Å². The number of hydrogen-bond donors (Lipinski definition) is 0. The zero-order chi connectivity index (χ0) is 17.9. The Kier molecular flexibility index (Phi) is 4.82. The first-order valence-electron chi connectivity index (χ1n) is 6.57. The summed E-state index contributed by atoms with van der Waals surface area (Å²) in [4.78, 5) is 3.40. The molecule has 0 aromatic heterocycles. The van der Waals surface area contributed by atoms with Crippen LogP contribution in [-0.4, -0.2) is 7.05 Å². The maximum atomic E-state index is 14.3. The molecule has 0 spiro atoms. The number of benzene rings is 2. The van der Waals surface area contributed by atoms with E-state index in [0.29, 0.717) is 0 Å². The van der Waals surface area contributed by atoms with Gasteiger partial charge in [-0.1, -0.05) is 10.9 Å². The van der Waals surface area contributed by atoms with Gasteiger partial charge in [0.25, 0.3) is 13.1 Å². The molecule has 0 fully saturated rings. The van der Waals surface area contributed by atoms with Gasteiger partial charge in [-0.15, -0.1) is 0 Å². The normalized spacial score (nSPS) is 9.62. The Bertz CT molecular complexity index is 944. The van der Waals surface area contributed by atoms with Crippen molar-refractivity contribution in [1.82, 2.24) is 0 Å². The maximum absolute atomic E-state index is 14.3. The lowest BCUT2D eigenvalue weighted by molar-refractivity contribution is 0.447. The standard InChI is InChI=1S/C17H8F4N3/c1-24-5-4-12-14(18)16(20)13(17(21)15(12)19)11-3-2-9(7-22)6-10(11)8-23/h2-3,6H,4H2,1H3/q+1. The molecule has 0 heterocycles. The molecule has 7 heteroatoms. The smallest absolute Gasteiger partial charge is 0.203 e. The van der Waals surface area contributed by atoms with E-state index in [1.165, 1.54) is 13.1 Å². The Morgan fingerprint density at radius 3 is 2.08 bits per heavy atom. The molecule has 118 valence electrons. The van der Waals surface area contributed by atoms with Crippen molar-refractivity contribution in [1.29, 1.82) is 10.5 Å². The second-order valence-electron chi connectivity index (χ2n) is 4.65. The third-order valence-corrected chi connectivity index (χ3v) is 3.31. The lowest BCUT2D eigenvalue weighted by Crippen LogP contribution is -2.06. The molecule has 0 amide bonds. The van der Waals surface area contributed by atoms with E-state index in [1.807, 2.05) is 0 Å². The van der Waals surface area contributed by atoms with Crippen LogP contribution in [0.4, 0.5) is 17.6 Å². The van der Waals surface area contributed by atoms with Gasteiger partial charge in [0.2, 0.25) is 0 Å². The fourth-order valence-electron chi connectivity index (χ4n) is 2.15. The summed E-state index contributed by atoms with van der Waals surface area (Å²) in [6.07, 6.45) is -0.541. The van der Waals surface area contributed by atoms with E-state index in [4.69, 9.17) is 10.5 Å². The first-order chi connectivity index (χ1) is 11.5. The van der Waals surface area contributed by atoms with Gasteiger partial charge >= 0.3 is 0 Å². The van der Waals surface area contributed by atoms with Crippen LogP contribution in [0.1, 0.15) is 16.7 Å². The zero-order valence-electron chi connectivity index (χ0n) is 12.3. The van der Waals surface area contributed by atoms with Gasteiger partial charge in [-0.05, 0) is 12.1 Å². The SMILES string of the molecule is C[N+]#CCc1c(F)c(F)c(-c2ccc(C#N)cc2C#N)c(F)c1F. The molecule has 0 aliphatic rings. The highest BCUT2D eigenvalue weighted by Crippen LogP contribution is 2.34. The minimum atomic E-state index is -1.62. The van der Waals surface area contributed by atoms with Crippen molar-refractivity contribution in [2.75, 3.05) is 7.05 Å². The van der Waals surface area contributed by atoms with Crippen LogP contribution in [0.3, 0.4) is 0 Å². The third kappa shape index (κ3) is 2.78. The van der Waals surface area contributed by atoms with Crippen molar-refractivity contribution in [2.24, 2.45) is 0 Å². The molecule has 0 aliphatic carbocycles. The second kappa shape index (κ2) is 6.81. The summed E-state index contributed by atoms with van der Waals surface area (Å²) >= 11 is 0. The molecule has 2 aromatic carbocycles. The van der Waals surface area contributed by atoms with Crippen molar-refractivity contribution < 1.29 is 17.6 Å². The molecule has 2 rings (SSSR count). The van der Waals surface area contributed by atoms with Gasteiger partial charge in [0.1, 0.15) is 6.42 Å². The van der Waals surface area contributed by atoms with Crippen LogP contribution >= 0.6 is 0 Å². The van der Waals surface area contributed by atoms with Crippen molar-refractivity contribution in [3.63, 3.8) is 0 Å². The number of nitrogens with zero attached hydrogens (tertiary/aromatic N) is 3. The summed E-state index contributed by atoms with van der Waals surface area (Å²) < 4.78 is 56.8. The molecular weight excluding hydrogens is 322 g/mol. The van der Waals surface area contributed by atoms with Crippen molar-refractivity contribution in [3.05, 3.63) is 63.0 Å². The van der Waals surface area contributed by atoms with Crippen LogP contribution < -0.4 is 0 Å². The Balaban J connectivity index is 2.80. The predicted molar refractivity (Wildman–Crippen MR) is 78.0 cm³/mol. The number of halogens is 4. The van der Waals surface area contributed by atoms with Gasteiger partial charge in [-0.2, -0.15) is 10.5 Å². The highest BCUT2D eigenvalue weighted by atomic mass is 19.2. The maximum Gasteiger partial charge on any atom is 0.277 e. The van der Waals surface area contributed by atoms with Crippen molar-refractivity contribution >= 4 is 0 Å². The topological polar surface area (TPSA) is 51.9 Å². The fraction of sp³-hybridized carbons (Fsp3) is 0.118. The van der Waals surface area contributed by atoms with Gasteiger partial charge < -0.3 is 0 Å². The number of hydrogen-bond acceptors (Lipinski definition) is 2. The van der Waals surface area contributed by atoms with Crippen molar-refractivity contribution in [3.8, 4) is 29.3 Å². The molecule has 0 radical (unpaired) electrons. The zero-order valence-corrected chi connectivity index (χ0v) is 12.3. The van der Waals surface area contributed by atoms with Gasteiger partial charge in [0.15, 0.2) is 23.3 Å². The van der Waals surface area contributed by atoms with Gasteiger partial charge in [0.05, 0.1) is 28.8 Å². The van der Waals surface area contributed by atoms with E-state index >= 15 is 0 Å². The highest BCUT2D eigenvalue weighted by Gasteiger charge is 2.27. The minimum Gasteiger partial charge on any atom is -0.203 e. The summed E-state index contributed by atoms with van der Waals surface area (Å²) in [5.41, 5.74) is -2.39. The Morgan fingerprint density at radius 1 is 0.958 bits per heavy atom.